The molecular weight excluding hydrogens is 320 g/mol. The van der Waals surface area contributed by atoms with Gasteiger partial charge in [-0.2, -0.15) is 0 Å². The Morgan fingerprint density at radius 1 is 1.20 bits per heavy atom. The number of nitrogens with zero attached hydrogens (tertiary/aromatic N) is 1. The molecule has 1 aliphatic heterocycles. The smallest absolute Gasteiger partial charge is 0.253 e. The molecule has 0 bridgehead atoms. The Morgan fingerprint density at radius 3 is 2.76 bits per heavy atom. The number of carbonyl (C=O) groups is 2. The SMILES string of the molecule is COCCN1C(=O)COCc2ccc(-c3cccc(C(N)=O)c3)cc21. The number of nitrogens with two attached hydrogens (primary N) is 1. The fourth-order valence-corrected chi connectivity index (χ4v) is 2.86. The molecule has 1 heterocycles. The van der Waals surface area contributed by atoms with Gasteiger partial charge in [-0.15, -0.1) is 0 Å². The summed E-state index contributed by atoms with van der Waals surface area (Å²) in [4.78, 5) is 25.5. The standard InChI is InChI=1S/C19H20N2O4/c1-24-8-7-21-17-10-14(5-6-16(17)11-25-12-18(21)22)13-3-2-4-15(9-13)19(20)23/h2-6,9-10H,7-8,11-12H2,1H3,(H2,20,23). The van der Waals surface area contributed by atoms with Crippen molar-refractivity contribution in [2.45, 2.75) is 6.61 Å². The highest BCUT2D eigenvalue weighted by molar-refractivity contribution is 5.97. The molecule has 0 spiro atoms. The quantitative estimate of drug-likeness (QED) is 0.902. The lowest BCUT2D eigenvalue weighted by atomic mass is 10.00. The Kier molecular flexibility index (Phi) is 5.11. The van der Waals surface area contributed by atoms with E-state index in [0.717, 1.165) is 22.4 Å². The lowest BCUT2D eigenvalue weighted by Crippen LogP contribution is -2.35. The van der Waals surface area contributed by atoms with E-state index in [9.17, 15) is 9.59 Å². The van der Waals surface area contributed by atoms with E-state index >= 15 is 0 Å². The van der Waals surface area contributed by atoms with Gasteiger partial charge in [-0.3, -0.25) is 9.59 Å². The van der Waals surface area contributed by atoms with Crippen LogP contribution >= 0.6 is 0 Å². The van der Waals surface area contributed by atoms with Gasteiger partial charge < -0.3 is 20.1 Å². The molecular formula is C19H20N2O4. The Hall–Kier alpha value is -2.70. The first-order valence-corrected chi connectivity index (χ1v) is 8.00. The van der Waals surface area contributed by atoms with Crippen LogP contribution in [0.3, 0.4) is 0 Å². The highest BCUT2D eigenvalue weighted by Crippen LogP contribution is 2.31. The lowest BCUT2D eigenvalue weighted by Gasteiger charge is -2.22. The van der Waals surface area contributed by atoms with Gasteiger partial charge in [-0.1, -0.05) is 24.3 Å². The summed E-state index contributed by atoms with van der Waals surface area (Å²) in [6, 6.07) is 13.0. The number of ether oxygens (including phenoxy) is 2. The zero-order valence-electron chi connectivity index (χ0n) is 14.0. The van der Waals surface area contributed by atoms with Crippen molar-refractivity contribution in [3.05, 3.63) is 53.6 Å². The van der Waals surface area contributed by atoms with Gasteiger partial charge in [0.2, 0.25) is 5.91 Å². The molecule has 6 heteroatoms. The van der Waals surface area contributed by atoms with Crippen LogP contribution in [0.5, 0.6) is 0 Å². The molecule has 0 saturated heterocycles. The second-order valence-electron chi connectivity index (χ2n) is 5.82. The fourth-order valence-electron chi connectivity index (χ4n) is 2.86. The Labute approximate surface area is 146 Å². The molecule has 6 nitrogen and oxygen atoms in total. The van der Waals surface area contributed by atoms with Gasteiger partial charge in [0.15, 0.2) is 0 Å². The molecule has 2 amide bonds. The highest BCUT2D eigenvalue weighted by atomic mass is 16.5. The lowest BCUT2D eigenvalue weighted by molar-refractivity contribution is -0.123. The van der Waals surface area contributed by atoms with Crippen LogP contribution in [0, 0.1) is 0 Å². The number of carbonyl (C=O) groups excluding carboxylic acids is 2. The number of rotatable bonds is 5. The predicted octanol–water partition coefficient (Wildman–Crippen LogP) is 1.96. The summed E-state index contributed by atoms with van der Waals surface area (Å²) < 4.78 is 10.6. The molecule has 0 radical (unpaired) electrons. The van der Waals surface area contributed by atoms with Crippen LogP contribution in [0.2, 0.25) is 0 Å². The highest BCUT2D eigenvalue weighted by Gasteiger charge is 2.23. The Bertz CT molecular complexity index is 804. The maximum atomic E-state index is 12.4. The average molecular weight is 340 g/mol. The van der Waals surface area contributed by atoms with E-state index in [4.69, 9.17) is 15.2 Å². The number of benzene rings is 2. The summed E-state index contributed by atoms with van der Waals surface area (Å²) in [5.41, 5.74) is 9.33. The van der Waals surface area contributed by atoms with Crippen LogP contribution in [0.1, 0.15) is 15.9 Å². The van der Waals surface area contributed by atoms with Gasteiger partial charge >= 0.3 is 0 Å². The first-order chi connectivity index (χ1) is 12.1. The van der Waals surface area contributed by atoms with Crippen molar-refractivity contribution in [2.75, 3.05) is 31.8 Å². The third kappa shape index (κ3) is 3.70. The summed E-state index contributed by atoms with van der Waals surface area (Å²) in [5.74, 6) is -0.569. The molecule has 0 aliphatic carbocycles. The fraction of sp³-hybridized carbons (Fsp3) is 0.263. The monoisotopic (exact) mass is 340 g/mol. The number of anilines is 1. The number of hydrogen-bond acceptors (Lipinski definition) is 4. The molecule has 0 atom stereocenters. The van der Waals surface area contributed by atoms with E-state index < -0.39 is 5.91 Å². The number of hydrogen-bond donors (Lipinski definition) is 1. The van der Waals surface area contributed by atoms with Crippen molar-refractivity contribution in [3.63, 3.8) is 0 Å². The second-order valence-corrected chi connectivity index (χ2v) is 5.82. The number of primary amides is 1. The molecule has 0 unspecified atom stereocenters. The minimum absolute atomic E-state index is 0.0465. The minimum atomic E-state index is -0.470. The van der Waals surface area contributed by atoms with Gasteiger partial charge in [0, 0.05) is 30.5 Å². The van der Waals surface area contributed by atoms with Crippen molar-refractivity contribution in [1.82, 2.24) is 0 Å². The molecule has 3 rings (SSSR count). The Morgan fingerprint density at radius 2 is 2.00 bits per heavy atom. The van der Waals surface area contributed by atoms with Crippen LogP contribution in [-0.4, -0.2) is 38.7 Å². The minimum Gasteiger partial charge on any atom is -0.383 e. The third-order valence-electron chi connectivity index (χ3n) is 4.16. The molecule has 0 fully saturated rings. The summed E-state index contributed by atoms with van der Waals surface area (Å²) in [6.45, 7) is 1.32. The van der Waals surface area contributed by atoms with E-state index in [1.807, 2.05) is 24.3 Å². The van der Waals surface area contributed by atoms with Crippen LogP contribution in [-0.2, 0) is 20.9 Å². The second kappa shape index (κ2) is 7.46. The van der Waals surface area contributed by atoms with Gasteiger partial charge in [-0.05, 0) is 29.3 Å². The molecule has 2 N–H and O–H groups in total. The molecule has 130 valence electrons. The third-order valence-corrected chi connectivity index (χ3v) is 4.16. The van der Waals surface area contributed by atoms with Crippen molar-refractivity contribution in [1.29, 1.82) is 0 Å². The molecule has 25 heavy (non-hydrogen) atoms. The first kappa shape index (κ1) is 17.1. The molecule has 2 aromatic rings. The van der Waals surface area contributed by atoms with Crippen LogP contribution < -0.4 is 10.6 Å². The number of fused-ring (bicyclic) bond motifs is 1. The Balaban J connectivity index is 2.03. The zero-order valence-corrected chi connectivity index (χ0v) is 14.0. The van der Waals surface area contributed by atoms with Crippen molar-refractivity contribution in [3.8, 4) is 11.1 Å². The van der Waals surface area contributed by atoms with Gasteiger partial charge in [0.1, 0.15) is 6.61 Å². The molecule has 0 aromatic heterocycles. The van der Waals surface area contributed by atoms with Gasteiger partial charge in [0.25, 0.3) is 5.91 Å². The molecule has 2 aromatic carbocycles. The van der Waals surface area contributed by atoms with Crippen molar-refractivity contribution < 1.29 is 19.1 Å². The van der Waals surface area contributed by atoms with Crippen LogP contribution in [0.4, 0.5) is 5.69 Å². The summed E-state index contributed by atoms with van der Waals surface area (Å²) in [5, 5.41) is 0. The zero-order chi connectivity index (χ0) is 17.8. The topological polar surface area (TPSA) is 81.9 Å². The van der Waals surface area contributed by atoms with Crippen LogP contribution in [0.25, 0.3) is 11.1 Å². The van der Waals surface area contributed by atoms with E-state index in [0.29, 0.717) is 25.3 Å². The molecule has 0 saturated carbocycles. The van der Waals surface area contributed by atoms with Crippen LogP contribution in [0.15, 0.2) is 42.5 Å². The van der Waals surface area contributed by atoms with Crippen molar-refractivity contribution >= 4 is 17.5 Å². The van der Waals surface area contributed by atoms with E-state index in [1.165, 1.54) is 0 Å². The maximum absolute atomic E-state index is 12.4. The normalized spacial score (nSPS) is 14.1. The summed E-state index contributed by atoms with van der Waals surface area (Å²) in [6.07, 6.45) is 0. The predicted molar refractivity (Wildman–Crippen MR) is 94.3 cm³/mol. The summed E-state index contributed by atoms with van der Waals surface area (Å²) in [7, 11) is 1.60. The van der Waals surface area contributed by atoms with Crippen molar-refractivity contribution in [2.24, 2.45) is 5.73 Å². The van der Waals surface area contributed by atoms with E-state index in [2.05, 4.69) is 0 Å². The van der Waals surface area contributed by atoms with Gasteiger partial charge in [0.05, 0.1) is 13.2 Å². The largest absolute Gasteiger partial charge is 0.383 e. The van der Waals surface area contributed by atoms with Gasteiger partial charge in [-0.25, -0.2) is 0 Å². The number of amides is 2. The summed E-state index contributed by atoms with van der Waals surface area (Å²) >= 11 is 0. The van der Waals surface area contributed by atoms with E-state index in [1.54, 1.807) is 30.2 Å². The van der Waals surface area contributed by atoms with E-state index in [-0.39, 0.29) is 12.5 Å². The number of methoxy groups -OCH3 is 1. The first-order valence-electron chi connectivity index (χ1n) is 8.00. The average Bonchev–Trinajstić information content (AvgIpc) is 2.78. The maximum Gasteiger partial charge on any atom is 0.253 e. The molecule has 1 aliphatic rings.